The summed E-state index contributed by atoms with van der Waals surface area (Å²) < 4.78 is 45.8. The predicted octanol–water partition coefficient (Wildman–Crippen LogP) is 3.02. The van der Waals surface area contributed by atoms with Gasteiger partial charge in [-0.2, -0.15) is 0 Å². The average molecular weight is 433 g/mol. The average Bonchev–Trinajstić information content (AvgIpc) is 3.21. The largest absolute Gasteiger partial charge is 0.468 e. The van der Waals surface area contributed by atoms with Crippen molar-refractivity contribution in [3.05, 3.63) is 84.1 Å². The maximum Gasteiger partial charge on any atom is 0.260 e. The van der Waals surface area contributed by atoms with E-state index in [2.05, 4.69) is 15.4 Å². The van der Waals surface area contributed by atoms with Gasteiger partial charge in [0.05, 0.1) is 23.3 Å². The van der Waals surface area contributed by atoms with E-state index in [0.29, 0.717) is 11.4 Å². The van der Waals surface area contributed by atoms with Gasteiger partial charge >= 0.3 is 0 Å². The van der Waals surface area contributed by atoms with Gasteiger partial charge in [-0.15, -0.1) is 0 Å². The molecule has 2 aromatic carbocycles. The molecule has 1 aromatic heterocycles. The van der Waals surface area contributed by atoms with Gasteiger partial charge in [-0.05, 0) is 60.7 Å². The molecule has 1 heterocycles. The summed E-state index contributed by atoms with van der Waals surface area (Å²) in [6.45, 7) is 0.0293. The molecule has 0 unspecified atom stereocenters. The van der Waals surface area contributed by atoms with Crippen molar-refractivity contribution >= 4 is 38.9 Å². The van der Waals surface area contributed by atoms with E-state index >= 15 is 0 Å². The molecule has 3 aromatic rings. The highest BCUT2D eigenvalue weighted by Crippen LogP contribution is 2.15. The van der Waals surface area contributed by atoms with Crippen molar-refractivity contribution in [2.75, 3.05) is 5.32 Å². The highest BCUT2D eigenvalue weighted by atomic mass is 32.2. The number of carbonyl (C=O) groups is 1. The van der Waals surface area contributed by atoms with Crippen LogP contribution in [-0.2, 0) is 16.6 Å². The molecule has 10 heteroatoms. The minimum Gasteiger partial charge on any atom is -0.468 e. The van der Waals surface area contributed by atoms with Crippen LogP contribution in [0.15, 0.2) is 76.2 Å². The minimum atomic E-state index is -3.72. The second-order valence-electron chi connectivity index (χ2n) is 5.82. The van der Waals surface area contributed by atoms with Crippen LogP contribution in [0.5, 0.6) is 0 Å². The number of rotatable bonds is 6. The smallest absolute Gasteiger partial charge is 0.260 e. The van der Waals surface area contributed by atoms with Crippen molar-refractivity contribution in [2.45, 2.75) is 11.4 Å². The molecule has 0 saturated carbocycles. The van der Waals surface area contributed by atoms with E-state index in [-0.39, 0.29) is 22.1 Å². The molecule has 0 aliphatic rings. The van der Waals surface area contributed by atoms with Gasteiger partial charge in [-0.1, -0.05) is 12.1 Å². The first kappa shape index (κ1) is 20.6. The Morgan fingerprint density at radius 3 is 2.41 bits per heavy atom. The van der Waals surface area contributed by atoms with Crippen LogP contribution < -0.4 is 15.4 Å². The van der Waals surface area contributed by atoms with Crippen molar-refractivity contribution in [1.29, 1.82) is 0 Å². The number of amides is 1. The quantitative estimate of drug-likeness (QED) is 0.517. The summed E-state index contributed by atoms with van der Waals surface area (Å²) in [5, 5.41) is 5.06. The second-order valence-corrected chi connectivity index (χ2v) is 7.99. The third-order valence-corrected chi connectivity index (χ3v) is 5.41. The molecule has 0 spiro atoms. The molecule has 3 N–H and O–H groups in total. The molecule has 0 atom stereocenters. The van der Waals surface area contributed by atoms with E-state index < -0.39 is 21.7 Å². The van der Waals surface area contributed by atoms with Crippen molar-refractivity contribution < 1.29 is 22.0 Å². The van der Waals surface area contributed by atoms with E-state index in [1.807, 2.05) is 0 Å². The van der Waals surface area contributed by atoms with Gasteiger partial charge in [0.1, 0.15) is 11.6 Å². The lowest BCUT2D eigenvalue weighted by atomic mass is 10.2. The molecule has 0 bridgehead atoms. The molecule has 150 valence electrons. The number of hydrogen-bond donors (Lipinski definition) is 3. The van der Waals surface area contributed by atoms with Crippen LogP contribution >= 0.6 is 12.2 Å². The van der Waals surface area contributed by atoms with Gasteiger partial charge in [0.25, 0.3) is 5.91 Å². The highest BCUT2D eigenvalue weighted by molar-refractivity contribution is 7.89. The van der Waals surface area contributed by atoms with Gasteiger partial charge < -0.3 is 9.73 Å². The zero-order valence-electron chi connectivity index (χ0n) is 14.9. The Morgan fingerprint density at radius 2 is 1.76 bits per heavy atom. The van der Waals surface area contributed by atoms with Crippen LogP contribution in [0.2, 0.25) is 0 Å². The topological polar surface area (TPSA) is 100 Å². The monoisotopic (exact) mass is 433 g/mol. The normalized spacial score (nSPS) is 11.1. The SMILES string of the molecule is O=C(NC(=S)Nc1ccc(S(=O)(=O)NCc2ccco2)cc1)c1ccccc1F. The maximum absolute atomic E-state index is 13.6. The van der Waals surface area contributed by atoms with Crippen LogP contribution in [0.4, 0.5) is 10.1 Å². The van der Waals surface area contributed by atoms with Crippen LogP contribution in [0.3, 0.4) is 0 Å². The standard InChI is InChI=1S/C19H16FN3O4S2/c20-17-6-2-1-5-16(17)18(24)23-19(28)22-13-7-9-15(10-8-13)29(25,26)21-12-14-4-3-11-27-14/h1-11,21H,12H2,(H2,22,23,24,28). The van der Waals surface area contributed by atoms with Crippen LogP contribution in [0, 0.1) is 5.82 Å². The summed E-state index contributed by atoms with van der Waals surface area (Å²) in [6, 6.07) is 14.6. The van der Waals surface area contributed by atoms with E-state index in [9.17, 15) is 17.6 Å². The maximum atomic E-state index is 13.6. The lowest BCUT2D eigenvalue weighted by Gasteiger charge is -2.11. The Bertz CT molecular complexity index is 1110. The Balaban J connectivity index is 1.59. The summed E-state index contributed by atoms with van der Waals surface area (Å²) in [4.78, 5) is 12.1. The number of thiocarbonyl (C=S) groups is 1. The van der Waals surface area contributed by atoms with Crippen LogP contribution in [0.1, 0.15) is 16.1 Å². The van der Waals surface area contributed by atoms with Gasteiger partial charge in [-0.25, -0.2) is 17.5 Å². The number of halogens is 1. The number of sulfonamides is 1. The first-order chi connectivity index (χ1) is 13.8. The molecule has 0 aliphatic carbocycles. The van der Waals surface area contributed by atoms with E-state index in [4.69, 9.17) is 16.6 Å². The summed E-state index contributed by atoms with van der Waals surface area (Å²) in [6.07, 6.45) is 1.46. The van der Waals surface area contributed by atoms with Gasteiger partial charge in [0, 0.05) is 5.69 Å². The zero-order valence-corrected chi connectivity index (χ0v) is 16.5. The number of anilines is 1. The molecule has 29 heavy (non-hydrogen) atoms. The Labute approximate surface area is 172 Å². The van der Waals surface area contributed by atoms with Crippen LogP contribution in [0.25, 0.3) is 0 Å². The minimum absolute atomic E-state index is 0.0293. The Morgan fingerprint density at radius 1 is 1.03 bits per heavy atom. The molecule has 0 aliphatic heterocycles. The van der Waals surface area contributed by atoms with Crippen molar-refractivity contribution in [1.82, 2.24) is 10.0 Å². The highest BCUT2D eigenvalue weighted by Gasteiger charge is 2.15. The summed E-state index contributed by atoms with van der Waals surface area (Å²) in [7, 11) is -3.72. The molecule has 3 rings (SSSR count). The van der Waals surface area contributed by atoms with E-state index in [1.165, 1.54) is 54.8 Å². The fraction of sp³-hybridized carbons (Fsp3) is 0.0526. The molecular formula is C19H16FN3O4S2. The first-order valence-corrected chi connectivity index (χ1v) is 10.2. The number of nitrogens with one attached hydrogen (secondary N) is 3. The van der Waals surface area contributed by atoms with Crippen molar-refractivity contribution in [3.63, 3.8) is 0 Å². The molecule has 0 saturated heterocycles. The zero-order chi connectivity index (χ0) is 20.9. The predicted molar refractivity (Wildman–Crippen MR) is 109 cm³/mol. The van der Waals surface area contributed by atoms with Crippen molar-refractivity contribution in [3.8, 4) is 0 Å². The fourth-order valence-corrected chi connectivity index (χ4v) is 3.56. The molecule has 1 amide bonds. The van der Waals surface area contributed by atoms with Gasteiger partial charge in [-0.3, -0.25) is 10.1 Å². The lowest BCUT2D eigenvalue weighted by Crippen LogP contribution is -2.34. The number of carbonyl (C=O) groups excluding carboxylic acids is 1. The van der Waals surface area contributed by atoms with Gasteiger partial charge in [0.2, 0.25) is 10.0 Å². The molecular weight excluding hydrogens is 417 g/mol. The van der Waals surface area contributed by atoms with E-state index in [1.54, 1.807) is 12.1 Å². The van der Waals surface area contributed by atoms with Crippen LogP contribution in [-0.4, -0.2) is 19.4 Å². The Hall–Kier alpha value is -3.08. The summed E-state index contributed by atoms with van der Waals surface area (Å²) >= 11 is 5.04. The molecule has 0 fully saturated rings. The van der Waals surface area contributed by atoms with E-state index in [0.717, 1.165) is 0 Å². The number of furan rings is 1. The molecule has 0 radical (unpaired) electrons. The summed E-state index contributed by atoms with van der Waals surface area (Å²) in [5.41, 5.74) is 0.314. The van der Waals surface area contributed by atoms with Crippen molar-refractivity contribution in [2.24, 2.45) is 0 Å². The number of hydrogen-bond acceptors (Lipinski definition) is 5. The number of benzene rings is 2. The molecule has 7 nitrogen and oxygen atoms in total. The third-order valence-electron chi connectivity index (χ3n) is 3.78. The fourth-order valence-electron chi connectivity index (χ4n) is 2.36. The second kappa shape index (κ2) is 8.95. The Kier molecular flexibility index (Phi) is 6.37. The van der Waals surface area contributed by atoms with Gasteiger partial charge in [0.15, 0.2) is 5.11 Å². The lowest BCUT2D eigenvalue weighted by molar-refractivity contribution is 0.0974. The first-order valence-electron chi connectivity index (χ1n) is 8.34. The summed E-state index contributed by atoms with van der Waals surface area (Å²) in [5.74, 6) is -0.867. The third kappa shape index (κ3) is 5.47.